The number of hydrogen-bond acceptors (Lipinski definition) is 5. The van der Waals surface area contributed by atoms with Crippen LogP contribution in [0.4, 0.5) is 0 Å². The third-order valence-electron chi connectivity index (χ3n) is 4.62. The molecule has 4 heterocycles. The van der Waals surface area contributed by atoms with Crippen molar-refractivity contribution in [2.45, 2.75) is 19.6 Å². The largest absolute Gasteiger partial charge is 0.347 e. The summed E-state index contributed by atoms with van der Waals surface area (Å²) in [7, 11) is 1.83. The number of nitrogens with zero attached hydrogens (tertiary/aromatic N) is 6. The van der Waals surface area contributed by atoms with Crippen LogP contribution in [0, 0.1) is 0 Å². The predicted octanol–water partition coefficient (Wildman–Crippen LogP) is 0.598. The molecule has 4 rings (SSSR count). The molecule has 0 saturated carbocycles. The summed E-state index contributed by atoms with van der Waals surface area (Å²) in [6.07, 6.45) is 8.09. The van der Waals surface area contributed by atoms with Gasteiger partial charge < -0.3 is 19.4 Å². The van der Waals surface area contributed by atoms with Crippen LogP contribution in [-0.2, 0) is 26.7 Å². The lowest BCUT2D eigenvalue weighted by Crippen LogP contribution is -2.39. The Morgan fingerprint density at radius 2 is 2.07 bits per heavy atom. The first-order chi connectivity index (χ1) is 13.1. The van der Waals surface area contributed by atoms with Crippen molar-refractivity contribution in [1.29, 1.82) is 0 Å². The number of imidazole rings is 1. The minimum atomic E-state index is -0.157. The first kappa shape index (κ1) is 17.0. The highest BCUT2D eigenvalue weighted by Gasteiger charge is 2.25. The normalized spacial score (nSPS) is 13.3. The summed E-state index contributed by atoms with van der Waals surface area (Å²) >= 11 is 0. The van der Waals surface area contributed by atoms with Gasteiger partial charge >= 0.3 is 0 Å². The molecule has 0 spiro atoms. The molecule has 2 amide bonds. The van der Waals surface area contributed by atoms with Crippen LogP contribution in [0.25, 0.3) is 0 Å². The molecule has 0 bridgehead atoms. The van der Waals surface area contributed by atoms with E-state index in [0.29, 0.717) is 37.6 Å². The van der Waals surface area contributed by atoms with E-state index in [0.717, 1.165) is 11.5 Å². The Morgan fingerprint density at radius 1 is 1.19 bits per heavy atom. The molecule has 0 atom stereocenters. The van der Waals surface area contributed by atoms with Crippen LogP contribution in [0.15, 0.2) is 43.1 Å². The smallest absolute Gasteiger partial charge is 0.274 e. The number of hydrogen-bond donors (Lipinski definition) is 1. The zero-order valence-corrected chi connectivity index (χ0v) is 14.9. The number of rotatable bonds is 4. The van der Waals surface area contributed by atoms with Crippen molar-refractivity contribution in [2.24, 2.45) is 7.05 Å². The minimum Gasteiger partial charge on any atom is -0.347 e. The highest BCUT2D eigenvalue weighted by atomic mass is 16.2. The summed E-state index contributed by atoms with van der Waals surface area (Å²) < 4.78 is 3.82. The lowest BCUT2D eigenvalue weighted by Gasteiger charge is -2.28. The average molecular weight is 365 g/mol. The molecule has 138 valence electrons. The fourth-order valence-corrected chi connectivity index (χ4v) is 3.17. The van der Waals surface area contributed by atoms with E-state index in [2.05, 4.69) is 20.3 Å². The molecule has 1 aliphatic rings. The van der Waals surface area contributed by atoms with Crippen LogP contribution in [0.5, 0.6) is 0 Å². The number of carbonyl (C=O) groups excluding carboxylic acids is 2. The van der Waals surface area contributed by atoms with Crippen LogP contribution in [-0.4, -0.2) is 47.3 Å². The maximum absolute atomic E-state index is 12.5. The van der Waals surface area contributed by atoms with E-state index in [1.165, 1.54) is 18.6 Å². The fraction of sp³-hybridized carbons (Fsp3) is 0.278. The predicted molar refractivity (Wildman–Crippen MR) is 95.6 cm³/mol. The van der Waals surface area contributed by atoms with Crippen LogP contribution < -0.4 is 5.32 Å². The highest BCUT2D eigenvalue weighted by molar-refractivity contribution is 5.92. The van der Waals surface area contributed by atoms with Gasteiger partial charge in [-0.2, -0.15) is 0 Å². The number of aromatic nitrogens is 5. The molecule has 1 aliphatic heterocycles. The van der Waals surface area contributed by atoms with Crippen molar-refractivity contribution in [3.05, 3.63) is 66.0 Å². The monoisotopic (exact) mass is 365 g/mol. The zero-order chi connectivity index (χ0) is 18.8. The van der Waals surface area contributed by atoms with Crippen molar-refractivity contribution in [1.82, 2.24) is 34.3 Å². The first-order valence-corrected chi connectivity index (χ1v) is 8.61. The zero-order valence-electron chi connectivity index (χ0n) is 14.9. The summed E-state index contributed by atoms with van der Waals surface area (Å²) in [5.74, 6) is 0.505. The summed E-state index contributed by atoms with van der Waals surface area (Å²) in [5.41, 5.74) is 1.85. The number of fused-ring (bicyclic) bond motifs is 1. The minimum absolute atomic E-state index is 0.131. The molecule has 9 heteroatoms. The molecule has 0 fully saturated rings. The van der Waals surface area contributed by atoms with Gasteiger partial charge in [0.25, 0.3) is 11.8 Å². The molecule has 0 saturated heterocycles. The number of aryl methyl sites for hydroxylation is 1. The standard InChI is InChI=1S/C18H19N7O2/c1-23-6-2-3-15(23)17(26)22-10-13-9-21-16-12-24(7-8-25(13)16)18(27)14-11-19-4-5-20-14/h2-6,9,11H,7-8,10,12H2,1H3,(H,22,26). The van der Waals surface area contributed by atoms with Crippen molar-refractivity contribution in [3.8, 4) is 0 Å². The highest BCUT2D eigenvalue weighted by Crippen LogP contribution is 2.16. The van der Waals surface area contributed by atoms with Crippen LogP contribution in [0.1, 0.15) is 32.5 Å². The second kappa shape index (κ2) is 7.02. The molecule has 0 aromatic carbocycles. The molecular formula is C18H19N7O2. The molecule has 27 heavy (non-hydrogen) atoms. The second-order valence-corrected chi connectivity index (χ2v) is 6.32. The van der Waals surface area contributed by atoms with E-state index in [1.54, 1.807) is 21.7 Å². The Kier molecular flexibility index (Phi) is 4.41. The van der Waals surface area contributed by atoms with E-state index >= 15 is 0 Å². The number of carbonyl (C=O) groups is 2. The molecule has 3 aromatic rings. The SMILES string of the molecule is Cn1cccc1C(=O)NCc1cnc2n1CCN(C(=O)c1cnccn1)C2. The quantitative estimate of drug-likeness (QED) is 0.730. The molecule has 0 aliphatic carbocycles. The van der Waals surface area contributed by atoms with Gasteiger partial charge in [0, 0.05) is 38.7 Å². The topological polar surface area (TPSA) is 97.9 Å². The number of amides is 2. The molecule has 0 radical (unpaired) electrons. The Bertz CT molecular complexity index is 977. The lowest BCUT2D eigenvalue weighted by atomic mass is 10.3. The van der Waals surface area contributed by atoms with Gasteiger partial charge in [-0.05, 0) is 12.1 Å². The van der Waals surface area contributed by atoms with Crippen LogP contribution in [0.2, 0.25) is 0 Å². The van der Waals surface area contributed by atoms with Crippen LogP contribution >= 0.6 is 0 Å². The summed E-state index contributed by atoms with van der Waals surface area (Å²) in [6.45, 7) is 1.96. The van der Waals surface area contributed by atoms with Gasteiger partial charge in [-0.1, -0.05) is 0 Å². The van der Waals surface area contributed by atoms with E-state index in [4.69, 9.17) is 0 Å². The molecule has 0 unspecified atom stereocenters. The third kappa shape index (κ3) is 3.31. The second-order valence-electron chi connectivity index (χ2n) is 6.32. The number of nitrogens with one attached hydrogen (secondary N) is 1. The van der Waals surface area contributed by atoms with Crippen LogP contribution in [0.3, 0.4) is 0 Å². The van der Waals surface area contributed by atoms with Gasteiger partial charge in [0.2, 0.25) is 0 Å². The summed E-state index contributed by atoms with van der Waals surface area (Å²) in [6, 6.07) is 3.61. The summed E-state index contributed by atoms with van der Waals surface area (Å²) in [5, 5.41) is 2.92. The van der Waals surface area contributed by atoms with E-state index in [-0.39, 0.29) is 11.8 Å². The molecule has 3 aromatic heterocycles. The van der Waals surface area contributed by atoms with E-state index in [1.807, 2.05) is 23.9 Å². The summed E-state index contributed by atoms with van der Waals surface area (Å²) in [4.78, 5) is 38.9. The Morgan fingerprint density at radius 3 is 2.81 bits per heavy atom. The van der Waals surface area contributed by atoms with Crippen molar-refractivity contribution < 1.29 is 9.59 Å². The van der Waals surface area contributed by atoms with Gasteiger partial charge in [0.1, 0.15) is 17.2 Å². The molecular weight excluding hydrogens is 346 g/mol. The fourth-order valence-electron chi connectivity index (χ4n) is 3.17. The maximum Gasteiger partial charge on any atom is 0.274 e. The Hall–Kier alpha value is -3.49. The Labute approximate surface area is 155 Å². The maximum atomic E-state index is 12.5. The van der Waals surface area contributed by atoms with Gasteiger partial charge in [0.05, 0.1) is 31.2 Å². The van der Waals surface area contributed by atoms with Gasteiger partial charge in [-0.15, -0.1) is 0 Å². The van der Waals surface area contributed by atoms with E-state index in [9.17, 15) is 9.59 Å². The van der Waals surface area contributed by atoms with Crippen molar-refractivity contribution >= 4 is 11.8 Å². The van der Waals surface area contributed by atoms with E-state index < -0.39 is 0 Å². The lowest BCUT2D eigenvalue weighted by molar-refractivity contribution is 0.0700. The Balaban J connectivity index is 1.42. The first-order valence-electron chi connectivity index (χ1n) is 8.61. The third-order valence-corrected chi connectivity index (χ3v) is 4.62. The van der Waals surface area contributed by atoms with Gasteiger partial charge in [0.15, 0.2) is 0 Å². The molecule has 9 nitrogen and oxygen atoms in total. The van der Waals surface area contributed by atoms with Gasteiger partial charge in [-0.3, -0.25) is 14.6 Å². The van der Waals surface area contributed by atoms with Gasteiger partial charge in [-0.25, -0.2) is 9.97 Å². The molecule has 1 N–H and O–H groups in total. The van der Waals surface area contributed by atoms with Crippen molar-refractivity contribution in [2.75, 3.05) is 6.54 Å². The average Bonchev–Trinajstić information content (AvgIpc) is 3.31. The van der Waals surface area contributed by atoms with Crippen molar-refractivity contribution in [3.63, 3.8) is 0 Å².